The lowest BCUT2D eigenvalue weighted by Crippen LogP contribution is -2.28. The lowest BCUT2D eigenvalue weighted by Gasteiger charge is -2.16. The van der Waals surface area contributed by atoms with Gasteiger partial charge in [0.25, 0.3) is 0 Å². The molecule has 0 heterocycles. The summed E-state index contributed by atoms with van der Waals surface area (Å²) in [5.41, 5.74) is 1.66. The predicted octanol–water partition coefficient (Wildman–Crippen LogP) is 3.80. The fourth-order valence-electron chi connectivity index (χ4n) is 2.57. The van der Waals surface area contributed by atoms with Crippen LogP contribution in [0.5, 0.6) is 0 Å². The number of amides is 1. The Hall–Kier alpha value is -2.16. The number of hydrogen-bond donors (Lipinski definition) is 1. The molecule has 1 fully saturated rings. The van der Waals surface area contributed by atoms with Crippen molar-refractivity contribution in [2.75, 3.05) is 5.32 Å². The third-order valence-electron chi connectivity index (χ3n) is 3.85. The lowest BCUT2D eigenvalue weighted by atomic mass is 9.94. The molecule has 102 valence electrons. The zero-order chi connectivity index (χ0) is 14.2. The minimum atomic E-state index is -0.685. The quantitative estimate of drug-likeness (QED) is 0.902. The van der Waals surface area contributed by atoms with E-state index < -0.39 is 5.41 Å². The van der Waals surface area contributed by atoms with Crippen molar-refractivity contribution < 1.29 is 9.18 Å². The highest BCUT2D eigenvalue weighted by atomic mass is 19.1. The van der Waals surface area contributed by atoms with Gasteiger partial charge in [0.2, 0.25) is 5.91 Å². The Morgan fingerprint density at radius 2 is 1.90 bits per heavy atom. The summed E-state index contributed by atoms with van der Waals surface area (Å²) in [7, 11) is 0. The molecular formula is C17H16FNO. The summed E-state index contributed by atoms with van der Waals surface area (Å²) in [4.78, 5) is 12.5. The first-order valence-electron chi connectivity index (χ1n) is 6.75. The van der Waals surface area contributed by atoms with Crippen LogP contribution in [0.2, 0.25) is 0 Å². The van der Waals surface area contributed by atoms with Crippen LogP contribution in [0.1, 0.15) is 24.0 Å². The zero-order valence-corrected chi connectivity index (χ0v) is 11.3. The first kappa shape index (κ1) is 12.9. The molecule has 1 aliphatic rings. The van der Waals surface area contributed by atoms with Crippen LogP contribution in [-0.2, 0) is 10.2 Å². The van der Waals surface area contributed by atoms with E-state index in [1.165, 1.54) is 6.07 Å². The van der Waals surface area contributed by atoms with E-state index in [2.05, 4.69) is 5.32 Å². The van der Waals surface area contributed by atoms with Gasteiger partial charge < -0.3 is 5.32 Å². The van der Waals surface area contributed by atoms with E-state index in [9.17, 15) is 9.18 Å². The minimum absolute atomic E-state index is 0.117. The molecular weight excluding hydrogens is 253 g/mol. The van der Waals surface area contributed by atoms with Gasteiger partial charge in [0, 0.05) is 11.3 Å². The fourth-order valence-corrected chi connectivity index (χ4v) is 2.57. The zero-order valence-electron chi connectivity index (χ0n) is 11.3. The van der Waals surface area contributed by atoms with Crippen LogP contribution in [0, 0.1) is 12.7 Å². The number of carbonyl (C=O) groups excluding carboxylic acids is 1. The summed E-state index contributed by atoms with van der Waals surface area (Å²) in [5.74, 6) is -0.419. The topological polar surface area (TPSA) is 29.1 Å². The van der Waals surface area contributed by atoms with E-state index >= 15 is 0 Å². The SMILES string of the molecule is Cc1cccc(NC(=O)C2(c3ccccc3F)CC2)c1. The molecule has 0 aliphatic heterocycles. The molecule has 1 aliphatic carbocycles. The van der Waals surface area contributed by atoms with Gasteiger partial charge in [0.15, 0.2) is 0 Å². The number of benzene rings is 2. The molecule has 0 saturated heterocycles. The fraction of sp³-hybridized carbons (Fsp3) is 0.235. The van der Waals surface area contributed by atoms with Gasteiger partial charge in [0.05, 0.1) is 5.41 Å². The van der Waals surface area contributed by atoms with Gasteiger partial charge in [-0.25, -0.2) is 4.39 Å². The molecule has 1 N–H and O–H groups in total. The minimum Gasteiger partial charge on any atom is -0.325 e. The van der Waals surface area contributed by atoms with Gasteiger partial charge in [-0.1, -0.05) is 30.3 Å². The summed E-state index contributed by atoms with van der Waals surface area (Å²) >= 11 is 0. The second-order valence-electron chi connectivity index (χ2n) is 5.39. The number of rotatable bonds is 3. The van der Waals surface area contributed by atoms with Gasteiger partial charge in [0.1, 0.15) is 5.82 Å². The average Bonchev–Trinajstić information content (AvgIpc) is 3.21. The van der Waals surface area contributed by atoms with Gasteiger partial charge in [-0.15, -0.1) is 0 Å². The molecule has 2 nitrogen and oxygen atoms in total. The lowest BCUT2D eigenvalue weighted by molar-refractivity contribution is -0.118. The maximum atomic E-state index is 13.9. The van der Waals surface area contributed by atoms with E-state index in [1.54, 1.807) is 18.2 Å². The first-order valence-corrected chi connectivity index (χ1v) is 6.75. The van der Waals surface area contributed by atoms with Crippen molar-refractivity contribution in [1.82, 2.24) is 0 Å². The second-order valence-corrected chi connectivity index (χ2v) is 5.39. The van der Waals surface area contributed by atoms with Crippen LogP contribution in [-0.4, -0.2) is 5.91 Å². The number of aryl methyl sites for hydroxylation is 1. The summed E-state index contributed by atoms with van der Waals surface area (Å²) in [6.07, 6.45) is 1.40. The third-order valence-corrected chi connectivity index (χ3v) is 3.85. The molecule has 3 rings (SSSR count). The Balaban J connectivity index is 1.86. The summed E-state index contributed by atoms with van der Waals surface area (Å²) in [5, 5.41) is 2.91. The van der Waals surface area contributed by atoms with Crippen LogP contribution in [0.4, 0.5) is 10.1 Å². The Morgan fingerprint density at radius 1 is 1.15 bits per heavy atom. The molecule has 3 heteroatoms. The summed E-state index contributed by atoms with van der Waals surface area (Å²) < 4.78 is 13.9. The molecule has 0 bridgehead atoms. The van der Waals surface area contributed by atoms with E-state index in [0.29, 0.717) is 18.4 Å². The average molecular weight is 269 g/mol. The number of nitrogens with one attached hydrogen (secondary N) is 1. The van der Waals surface area contributed by atoms with Crippen molar-refractivity contribution in [3.8, 4) is 0 Å². The van der Waals surface area contributed by atoms with Gasteiger partial charge in [-0.05, 0) is 43.5 Å². The van der Waals surface area contributed by atoms with Gasteiger partial charge in [-0.2, -0.15) is 0 Å². The summed E-state index contributed by atoms with van der Waals surface area (Å²) in [6, 6.07) is 14.2. The van der Waals surface area contributed by atoms with Gasteiger partial charge in [-0.3, -0.25) is 4.79 Å². The van der Waals surface area contributed by atoms with Crippen molar-refractivity contribution in [1.29, 1.82) is 0 Å². The molecule has 0 unspecified atom stereocenters. The highest BCUT2D eigenvalue weighted by Gasteiger charge is 2.52. The van der Waals surface area contributed by atoms with Crippen LogP contribution < -0.4 is 5.32 Å². The van der Waals surface area contributed by atoms with E-state index in [1.807, 2.05) is 31.2 Å². The first-order chi connectivity index (χ1) is 9.62. The standard InChI is InChI=1S/C17H16FNO/c1-12-5-4-6-13(11-12)19-16(20)17(9-10-17)14-7-2-3-8-15(14)18/h2-8,11H,9-10H2,1H3,(H,19,20). The number of carbonyl (C=O) groups is 1. The Labute approximate surface area is 117 Å². The molecule has 2 aromatic carbocycles. The molecule has 0 radical (unpaired) electrons. The molecule has 0 spiro atoms. The second kappa shape index (κ2) is 4.75. The highest BCUT2D eigenvalue weighted by molar-refractivity contribution is 6.01. The number of hydrogen-bond acceptors (Lipinski definition) is 1. The Morgan fingerprint density at radius 3 is 2.55 bits per heavy atom. The van der Waals surface area contributed by atoms with Crippen molar-refractivity contribution in [2.24, 2.45) is 0 Å². The van der Waals surface area contributed by atoms with Gasteiger partial charge >= 0.3 is 0 Å². The predicted molar refractivity (Wildman–Crippen MR) is 77.1 cm³/mol. The van der Waals surface area contributed by atoms with Crippen molar-refractivity contribution in [2.45, 2.75) is 25.2 Å². The largest absolute Gasteiger partial charge is 0.325 e. The van der Waals surface area contributed by atoms with Crippen LogP contribution in [0.3, 0.4) is 0 Å². The Kier molecular flexibility index (Phi) is 3.05. The maximum absolute atomic E-state index is 13.9. The highest BCUT2D eigenvalue weighted by Crippen LogP contribution is 2.49. The van der Waals surface area contributed by atoms with Crippen LogP contribution >= 0.6 is 0 Å². The number of anilines is 1. The van der Waals surface area contributed by atoms with Crippen molar-refractivity contribution >= 4 is 11.6 Å². The molecule has 1 saturated carbocycles. The monoisotopic (exact) mass is 269 g/mol. The molecule has 1 amide bonds. The molecule has 2 aromatic rings. The smallest absolute Gasteiger partial charge is 0.235 e. The van der Waals surface area contributed by atoms with Crippen LogP contribution in [0.25, 0.3) is 0 Å². The molecule has 20 heavy (non-hydrogen) atoms. The van der Waals surface area contributed by atoms with E-state index in [-0.39, 0.29) is 11.7 Å². The molecule has 0 atom stereocenters. The van der Waals surface area contributed by atoms with Crippen molar-refractivity contribution in [3.05, 3.63) is 65.5 Å². The van der Waals surface area contributed by atoms with Crippen molar-refractivity contribution in [3.63, 3.8) is 0 Å². The summed E-state index contributed by atoms with van der Waals surface area (Å²) in [6.45, 7) is 1.97. The third kappa shape index (κ3) is 2.20. The normalized spacial score (nSPS) is 15.7. The number of halogens is 1. The molecule has 0 aromatic heterocycles. The van der Waals surface area contributed by atoms with E-state index in [0.717, 1.165) is 11.3 Å². The Bertz CT molecular complexity index is 662. The maximum Gasteiger partial charge on any atom is 0.235 e. The van der Waals surface area contributed by atoms with E-state index in [4.69, 9.17) is 0 Å². The van der Waals surface area contributed by atoms with Crippen LogP contribution in [0.15, 0.2) is 48.5 Å².